The Labute approximate surface area is 72.4 Å². The van der Waals surface area contributed by atoms with Gasteiger partial charge < -0.3 is 10.8 Å². The summed E-state index contributed by atoms with van der Waals surface area (Å²) < 4.78 is 0. The van der Waals surface area contributed by atoms with Crippen molar-refractivity contribution in [1.82, 2.24) is 0 Å². The zero-order chi connectivity index (χ0) is 7.56. The predicted octanol–water partition coefficient (Wildman–Crippen LogP) is 1.58. The van der Waals surface area contributed by atoms with E-state index in [1.807, 2.05) is 19.1 Å². The molecule has 0 spiro atoms. The van der Waals surface area contributed by atoms with Crippen molar-refractivity contribution in [1.29, 1.82) is 0 Å². The Kier molecular flexibility index (Phi) is 3.93. The summed E-state index contributed by atoms with van der Waals surface area (Å²) >= 11 is 0. The van der Waals surface area contributed by atoms with E-state index in [2.05, 4.69) is 0 Å². The fourth-order valence-electron chi connectivity index (χ4n) is 0.846. The van der Waals surface area contributed by atoms with Crippen molar-refractivity contribution in [3.63, 3.8) is 0 Å². The van der Waals surface area contributed by atoms with E-state index in [-0.39, 0.29) is 12.4 Å². The minimum atomic E-state index is 0. The summed E-state index contributed by atoms with van der Waals surface area (Å²) in [6, 6.07) is 5.48. The van der Waals surface area contributed by atoms with E-state index >= 15 is 0 Å². The van der Waals surface area contributed by atoms with Crippen molar-refractivity contribution in [3.8, 4) is 5.75 Å². The first-order valence-corrected chi connectivity index (χ1v) is 3.22. The molecule has 11 heavy (non-hydrogen) atoms. The van der Waals surface area contributed by atoms with Crippen LogP contribution in [0.3, 0.4) is 0 Å². The van der Waals surface area contributed by atoms with Gasteiger partial charge in [-0.3, -0.25) is 0 Å². The Morgan fingerprint density at radius 3 is 2.55 bits per heavy atom. The molecule has 1 aromatic rings. The van der Waals surface area contributed by atoms with E-state index in [0.29, 0.717) is 12.3 Å². The van der Waals surface area contributed by atoms with E-state index in [9.17, 15) is 5.11 Å². The van der Waals surface area contributed by atoms with E-state index in [1.54, 1.807) is 6.07 Å². The zero-order valence-corrected chi connectivity index (χ0v) is 7.19. The lowest BCUT2D eigenvalue weighted by molar-refractivity contribution is 0.468. The van der Waals surface area contributed by atoms with Crippen LogP contribution < -0.4 is 5.73 Å². The van der Waals surface area contributed by atoms with Crippen molar-refractivity contribution in [2.24, 2.45) is 5.73 Å². The molecule has 0 aliphatic rings. The lowest BCUT2D eigenvalue weighted by Crippen LogP contribution is -1.96. The van der Waals surface area contributed by atoms with E-state index in [4.69, 9.17) is 5.73 Å². The second-order valence-electron chi connectivity index (χ2n) is 2.34. The Morgan fingerprint density at radius 2 is 2.09 bits per heavy atom. The Hall–Kier alpha value is -0.730. The van der Waals surface area contributed by atoms with Crippen molar-refractivity contribution < 1.29 is 5.11 Å². The van der Waals surface area contributed by atoms with Crippen LogP contribution in [0.25, 0.3) is 0 Å². The summed E-state index contributed by atoms with van der Waals surface area (Å²) in [6.45, 7) is 2.33. The molecule has 0 amide bonds. The number of hydrogen-bond acceptors (Lipinski definition) is 2. The second-order valence-corrected chi connectivity index (χ2v) is 2.34. The van der Waals surface area contributed by atoms with Gasteiger partial charge in [0.2, 0.25) is 0 Å². The molecule has 3 heteroatoms. The van der Waals surface area contributed by atoms with Crippen LogP contribution in [-0.2, 0) is 6.54 Å². The van der Waals surface area contributed by atoms with Crippen LogP contribution in [0.4, 0.5) is 0 Å². The van der Waals surface area contributed by atoms with Crippen LogP contribution in [0.2, 0.25) is 0 Å². The molecular weight excluding hydrogens is 162 g/mol. The lowest BCUT2D eigenvalue weighted by atomic mass is 10.1. The van der Waals surface area contributed by atoms with E-state index in [1.165, 1.54) is 0 Å². The SMILES string of the molecule is Cc1ccc(CN)c(O)c1.Cl. The maximum Gasteiger partial charge on any atom is 0.120 e. The molecule has 0 aliphatic carbocycles. The second kappa shape index (κ2) is 4.21. The zero-order valence-electron chi connectivity index (χ0n) is 6.37. The Balaban J connectivity index is 0.000001000. The summed E-state index contributed by atoms with van der Waals surface area (Å²) in [5.41, 5.74) is 7.19. The summed E-state index contributed by atoms with van der Waals surface area (Å²) in [5.74, 6) is 0.294. The maximum absolute atomic E-state index is 9.21. The van der Waals surface area contributed by atoms with Gasteiger partial charge in [-0.2, -0.15) is 0 Å². The average Bonchev–Trinajstić information content (AvgIpc) is 1.88. The van der Waals surface area contributed by atoms with Gasteiger partial charge in [-0.1, -0.05) is 12.1 Å². The third-order valence-corrected chi connectivity index (χ3v) is 1.46. The summed E-state index contributed by atoms with van der Waals surface area (Å²) in [5, 5.41) is 9.21. The van der Waals surface area contributed by atoms with Gasteiger partial charge >= 0.3 is 0 Å². The number of benzene rings is 1. The van der Waals surface area contributed by atoms with Gasteiger partial charge in [0.25, 0.3) is 0 Å². The number of halogens is 1. The standard InChI is InChI=1S/C8H11NO.ClH/c1-6-2-3-7(5-9)8(10)4-6;/h2-4,10H,5,9H2,1H3;1H. The number of aromatic hydroxyl groups is 1. The summed E-state index contributed by atoms with van der Waals surface area (Å²) in [4.78, 5) is 0. The summed E-state index contributed by atoms with van der Waals surface area (Å²) in [6.07, 6.45) is 0. The topological polar surface area (TPSA) is 46.2 Å². The first-order valence-electron chi connectivity index (χ1n) is 3.22. The van der Waals surface area contributed by atoms with Crippen LogP contribution in [0.1, 0.15) is 11.1 Å². The third kappa shape index (κ3) is 2.41. The number of nitrogens with two attached hydrogens (primary N) is 1. The van der Waals surface area contributed by atoms with Crippen LogP contribution >= 0.6 is 12.4 Å². The van der Waals surface area contributed by atoms with Crippen molar-refractivity contribution in [3.05, 3.63) is 29.3 Å². The van der Waals surface area contributed by atoms with Crippen LogP contribution in [0, 0.1) is 6.92 Å². The minimum Gasteiger partial charge on any atom is -0.508 e. The van der Waals surface area contributed by atoms with Crippen LogP contribution in [-0.4, -0.2) is 5.11 Å². The predicted molar refractivity (Wildman–Crippen MR) is 48.0 cm³/mol. The first-order chi connectivity index (χ1) is 4.74. The number of rotatable bonds is 1. The molecule has 0 bridgehead atoms. The molecule has 0 aromatic heterocycles. The third-order valence-electron chi connectivity index (χ3n) is 1.46. The van der Waals surface area contributed by atoms with Gasteiger partial charge in [0.15, 0.2) is 0 Å². The molecular formula is C8H12ClNO. The quantitative estimate of drug-likeness (QED) is 0.678. The molecule has 0 fully saturated rings. The largest absolute Gasteiger partial charge is 0.508 e. The van der Waals surface area contributed by atoms with Gasteiger partial charge in [-0.05, 0) is 18.6 Å². The molecule has 1 rings (SSSR count). The van der Waals surface area contributed by atoms with E-state index in [0.717, 1.165) is 11.1 Å². The lowest BCUT2D eigenvalue weighted by Gasteiger charge is -2.00. The summed E-state index contributed by atoms with van der Waals surface area (Å²) in [7, 11) is 0. The fourth-order valence-corrected chi connectivity index (χ4v) is 0.846. The molecule has 0 radical (unpaired) electrons. The number of aryl methyl sites for hydroxylation is 1. The van der Waals surface area contributed by atoms with Crippen molar-refractivity contribution >= 4 is 12.4 Å². The van der Waals surface area contributed by atoms with Gasteiger partial charge in [-0.15, -0.1) is 12.4 Å². The molecule has 0 unspecified atom stereocenters. The molecule has 0 saturated carbocycles. The fraction of sp³-hybridized carbons (Fsp3) is 0.250. The minimum absolute atomic E-state index is 0. The highest BCUT2D eigenvalue weighted by Crippen LogP contribution is 2.16. The Morgan fingerprint density at radius 1 is 1.45 bits per heavy atom. The average molecular weight is 174 g/mol. The molecule has 0 atom stereocenters. The Bertz CT molecular complexity index is 238. The van der Waals surface area contributed by atoms with Crippen molar-refractivity contribution in [2.75, 3.05) is 0 Å². The number of phenolic OH excluding ortho intramolecular Hbond substituents is 1. The highest BCUT2D eigenvalue weighted by Gasteiger charge is 1.96. The van der Waals surface area contributed by atoms with Gasteiger partial charge in [0, 0.05) is 12.1 Å². The highest BCUT2D eigenvalue weighted by atomic mass is 35.5. The van der Waals surface area contributed by atoms with Crippen LogP contribution in [0.15, 0.2) is 18.2 Å². The van der Waals surface area contributed by atoms with Gasteiger partial charge in [0.1, 0.15) is 5.75 Å². The molecule has 62 valence electrons. The molecule has 0 aliphatic heterocycles. The van der Waals surface area contributed by atoms with Gasteiger partial charge in [0.05, 0.1) is 0 Å². The molecule has 0 saturated heterocycles. The smallest absolute Gasteiger partial charge is 0.120 e. The monoisotopic (exact) mass is 173 g/mol. The normalized spacial score (nSPS) is 8.91. The number of phenols is 1. The molecule has 3 N–H and O–H groups in total. The van der Waals surface area contributed by atoms with Crippen molar-refractivity contribution in [2.45, 2.75) is 13.5 Å². The van der Waals surface area contributed by atoms with Gasteiger partial charge in [-0.25, -0.2) is 0 Å². The number of hydrogen-bond donors (Lipinski definition) is 2. The molecule has 0 heterocycles. The van der Waals surface area contributed by atoms with Crippen LogP contribution in [0.5, 0.6) is 5.75 Å². The molecule has 2 nitrogen and oxygen atoms in total. The first kappa shape index (κ1) is 10.3. The highest BCUT2D eigenvalue weighted by molar-refractivity contribution is 5.85. The maximum atomic E-state index is 9.21. The molecule has 1 aromatic carbocycles. The van der Waals surface area contributed by atoms with E-state index < -0.39 is 0 Å².